The number of aromatic nitrogens is 2. The molecule has 1 saturated heterocycles. The van der Waals surface area contributed by atoms with Crippen molar-refractivity contribution in [3.63, 3.8) is 0 Å². The van der Waals surface area contributed by atoms with Gasteiger partial charge in [0.25, 0.3) is 11.6 Å². The number of hydrogen-bond acceptors (Lipinski definition) is 6. The van der Waals surface area contributed by atoms with Crippen LogP contribution < -0.4 is 10.2 Å². The zero-order chi connectivity index (χ0) is 23.2. The Bertz CT molecular complexity index is 1120. The van der Waals surface area contributed by atoms with E-state index in [2.05, 4.69) is 51.4 Å². The predicted octanol–water partition coefficient (Wildman–Crippen LogP) is 3.03. The van der Waals surface area contributed by atoms with Crippen LogP contribution in [0.15, 0.2) is 60.8 Å². The summed E-state index contributed by atoms with van der Waals surface area (Å²) in [6.07, 6.45) is 2.49. The van der Waals surface area contributed by atoms with Crippen molar-refractivity contribution in [1.29, 1.82) is 0 Å². The Morgan fingerprint density at radius 1 is 1.06 bits per heavy atom. The second kappa shape index (κ2) is 10.3. The SMILES string of the molecule is Cc1cccc(N2CCN(CCCNC(=O)c3ccn(-c4cccc([N+](=O)[O-])c4)n3)CC2)c1. The molecule has 4 rings (SSSR count). The fourth-order valence-corrected chi connectivity index (χ4v) is 3.99. The second-order valence-electron chi connectivity index (χ2n) is 8.20. The second-order valence-corrected chi connectivity index (χ2v) is 8.20. The van der Waals surface area contributed by atoms with Gasteiger partial charge in [-0.15, -0.1) is 0 Å². The summed E-state index contributed by atoms with van der Waals surface area (Å²) < 4.78 is 1.47. The zero-order valence-electron chi connectivity index (χ0n) is 18.7. The van der Waals surface area contributed by atoms with E-state index >= 15 is 0 Å². The summed E-state index contributed by atoms with van der Waals surface area (Å²) in [6, 6.07) is 16.4. The summed E-state index contributed by atoms with van der Waals surface area (Å²) in [5.41, 5.74) is 3.36. The fraction of sp³-hybridized carbons (Fsp3) is 0.333. The van der Waals surface area contributed by atoms with Gasteiger partial charge in [0.15, 0.2) is 5.69 Å². The molecule has 33 heavy (non-hydrogen) atoms. The van der Waals surface area contributed by atoms with E-state index in [0.717, 1.165) is 39.1 Å². The van der Waals surface area contributed by atoms with Crippen molar-refractivity contribution in [1.82, 2.24) is 20.0 Å². The highest BCUT2D eigenvalue weighted by atomic mass is 16.6. The highest BCUT2D eigenvalue weighted by Crippen LogP contribution is 2.18. The molecular formula is C24H28N6O3. The maximum absolute atomic E-state index is 12.4. The van der Waals surface area contributed by atoms with Gasteiger partial charge in [-0.1, -0.05) is 18.2 Å². The Kier molecular flexibility index (Phi) is 6.99. The molecular weight excluding hydrogens is 420 g/mol. The quantitative estimate of drug-likeness (QED) is 0.323. The molecule has 0 saturated carbocycles. The predicted molar refractivity (Wildman–Crippen MR) is 127 cm³/mol. The Morgan fingerprint density at radius 2 is 1.82 bits per heavy atom. The van der Waals surface area contributed by atoms with Crippen LogP contribution in [-0.2, 0) is 0 Å². The number of benzene rings is 2. The van der Waals surface area contributed by atoms with Crippen LogP contribution >= 0.6 is 0 Å². The number of piperazine rings is 1. The third-order valence-electron chi connectivity index (χ3n) is 5.80. The number of rotatable bonds is 8. The number of non-ortho nitro benzene ring substituents is 1. The van der Waals surface area contributed by atoms with E-state index in [9.17, 15) is 14.9 Å². The zero-order valence-corrected chi connectivity index (χ0v) is 18.7. The molecule has 2 heterocycles. The minimum atomic E-state index is -0.455. The van der Waals surface area contributed by atoms with Gasteiger partial charge in [-0.3, -0.25) is 19.8 Å². The molecule has 1 amide bonds. The molecule has 9 nitrogen and oxygen atoms in total. The van der Waals surface area contributed by atoms with Crippen molar-refractivity contribution in [3.05, 3.63) is 82.2 Å². The molecule has 1 aliphatic heterocycles. The topological polar surface area (TPSA) is 96.5 Å². The van der Waals surface area contributed by atoms with Gasteiger partial charge in [0.05, 0.1) is 10.6 Å². The summed E-state index contributed by atoms with van der Waals surface area (Å²) >= 11 is 0. The number of carbonyl (C=O) groups is 1. The van der Waals surface area contributed by atoms with Crippen molar-refractivity contribution >= 4 is 17.3 Å². The summed E-state index contributed by atoms with van der Waals surface area (Å²) in [5.74, 6) is -0.247. The monoisotopic (exact) mass is 448 g/mol. The molecule has 0 bridgehead atoms. The molecule has 1 aromatic heterocycles. The van der Waals surface area contributed by atoms with Crippen molar-refractivity contribution < 1.29 is 9.72 Å². The van der Waals surface area contributed by atoms with Crippen LogP contribution in [0.2, 0.25) is 0 Å². The van der Waals surface area contributed by atoms with Gasteiger partial charge in [0.2, 0.25) is 0 Å². The van der Waals surface area contributed by atoms with Gasteiger partial charge < -0.3 is 10.2 Å². The van der Waals surface area contributed by atoms with Crippen LogP contribution in [0.3, 0.4) is 0 Å². The molecule has 1 aliphatic rings. The first-order valence-electron chi connectivity index (χ1n) is 11.1. The summed E-state index contributed by atoms with van der Waals surface area (Å²) in [4.78, 5) is 27.8. The van der Waals surface area contributed by atoms with Crippen molar-refractivity contribution in [2.75, 3.05) is 44.2 Å². The summed E-state index contributed by atoms with van der Waals surface area (Å²) in [6.45, 7) is 7.65. The molecule has 0 unspecified atom stereocenters. The lowest BCUT2D eigenvalue weighted by Gasteiger charge is -2.36. The van der Waals surface area contributed by atoms with E-state index in [1.807, 2.05) is 0 Å². The van der Waals surface area contributed by atoms with Crippen LogP contribution in [0.25, 0.3) is 5.69 Å². The molecule has 0 spiro atoms. The number of hydrogen-bond donors (Lipinski definition) is 1. The van der Waals surface area contributed by atoms with E-state index in [-0.39, 0.29) is 17.3 Å². The number of anilines is 1. The largest absolute Gasteiger partial charge is 0.369 e. The average Bonchev–Trinajstić information content (AvgIpc) is 3.33. The van der Waals surface area contributed by atoms with Gasteiger partial charge in [-0.2, -0.15) is 5.10 Å². The number of nitrogens with zero attached hydrogens (tertiary/aromatic N) is 5. The highest BCUT2D eigenvalue weighted by Gasteiger charge is 2.17. The van der Waals surface area contributed by atoms with Gasteiger partial charge in [-0.05, 0) is 49.7 Å². The summed E-state index contributed by atoms with van der Waals surface area (Å²) in [7, 11) is 0. The minimum Gasteiger partial charge on any atom is -0.369 e. The normalized spacial score (nSPS) is 14.3. The number of carbonyl (C=O) groups excluding carboxylic acids is 1. The lowest BCUT2D eigenvalue weighted by Crippen LogP contribution is -2.47. The van der Waals surface area contributed by atoms with Crippen molar-refractivity contribution in [2.24, 2.45) is 0 Å². The maximum atomic E-state index is 12.4. The Hall–Kier alpha value is -3.72. The molecule has 0 aliphatic carbocycles. The van der Waals surface area contributed by atoms with E-state index in [4.69, 9.17) is 0 Å². The highest BCUT2D eigenvalue weighted by molar-refractivity contribution is 5.92. The van der Waals surface area contributed by atoms with Crippen LogP contribution in [0, 0.1) is 17.0 Å². The molecule has 1 fully saturated rings. The van der Waals surface area contributed by atoms with Gasteiger partial charge in [0, 0.05) is 56.7 Å². The Labute approximate surface area is 192 Å². The standard InChI is InChI=1S/C24H28N6O3/c1-19-5-2-6-20(17-19)28-15-13-27(14-16-28)11-4-10-25-24(31)23-9-12-29(26-23)21-7-3-8-22(18-21)30(32)33/h2-3,5-9,12,17-18H,4,10-11,13-16H2,1H3,(H,25,31). The molecule has 2 aromatic carbocycles. The molecule has 172 valence electrons. The third kappa shape index (κ3) is 5.75. The van der Waals surface area contributed by atoms with Crippen LogP contribution in [0.1, 0.15) is 22.5 Å². The number of nitrogens with one attached hydrogen (secondary N) is 1. The Balaban J connectivity index is 1.20. The average molecular weight is 449 g/mol. The molecule has 1 N–H and O–H groups in total. The van der Waals surface area contributed by atoms with E-state index < -0.39 is 4.92 Å². The third-order valence-corrected chi connectivity index (χ3v) is 5.80. The number of amides is 1. The van der Waals surface area contributed by atoms with Gasteiger partial charge >= 0.3 is 0 Å². The first kappa shape index (κ1) is 22.5. The van der Waals surface area contributed by atoms with Crippen LogP contribution in [0.4, 0.5) is 11.4 Å². The number of nitro benzene ring substituents is 1. The fourth-order valence-electron chi connectivity index (χ4n) is 3.99. The van der Waals surface area contributed by atoms with E-state index in [1.54, 1.807) is 24.4 Å². The molecule has 0 atom stereocenters. The molecule has 0 radical (unpaired) electrons. The van der Waals surface area contributed by atoms with E-state index in [1.165, 1.54) is 28.1 Å². The van der Waals surface area contributed by atoms with E-state index in [0.29, 0.717) is 12.2 Å². The lowest BCUT2D eigenvalue weighted by atomic mass is 10.2. The van der Waals surface area contributed by atoms with Crippen LogP contribution in [-0.4, -0.2) is 64.8 Å². The first-order chi connectivity index (χ1) is 16.0. The maximum Gasteiger partial charge on any atom is 0.271 e. The number of nitro groups is 1. The van der Waals surface area contributed by atoms with Crippen LogP contribution in [0.5, 0.6) is 0 Å². The van der Waals surface area contributed by atoms with Crippen molar-refractivity contribution in [3.8, 4) is 5.69 Å². The summed E-state index contributed by atoms with van der Waals surface area (Å²) in [5, 5.41) is 18.1. The molecule has 9 heteroatoms. The molecule has 3 aromatic rings. The minimum absolute atomic E-state index is 0.0197. The first-order valence-corrected chi connectivity index (χ1v) is 11.1. The van der Waals surface area contributed by atoms with Gasteiger partial charge in [0.1, 0.15) is 0 Å². The van der Waals surface area contributed by atoms with Crippen molar-refractivity contribution in [2.45, 2.75) is 13.3 Å². The Morgan fingerprint density at radius 3 is 2.58 bits per heavy atom. The number of aryl methyl sites for hydroxylation is 1. The van der Waals surface area contributed by atoms with Gasteiger partial charge in [-0.25, -0.2) is 4.68 Å². The lowest BCUT2D eigenvalue weighted by molar-refractivity contribution is -0.384. The smallest absolute Gasteiger partial charge is 0.271 e.